The van der Waals surface area contributed by atoms with Crippen molar-refractivity contribution in [3.05, 3.63) is 59.2 Å². The standard InChI is InChI=1S/C18H24N4O2S/c1-4-21-25(23,24)17-9-6-15(7-10-17)12-20-18(19)22-16-8-5-13(2)14(3)11-16/h5-11,21H,4,12H2,1-3H3,(H3,19,20,22). The van der Waals surface area contributed by atoms with Crippen molar-refractivity contribution in [1.82, 2.24) is 4.72 Å². The Balaban J connectivity index is 2.02. The molecule has 0 saturated carbocycles. The predicted molar refractivity (Wildman–Crippen MR) is 102 cm³/mol. The largest absolute Gasteiger partial charge is 0.370 e. The molecule has 0 aliphatic carbocycles. The van der Waals surface area contributed by atoms with Crippen molar-refractivity contribution in [1.29, 1.82) is 0 Å². The highest BCUT2D eigenvalue weighted by atomic mass is 32.2. The number of rotatable bonds is 6. The van der Waals surface area contributed by atoms with E-state index in [0.29, 0.717) is 19.0 Å². The van der Waals surface area contributed by atoms with Crippen LogP contribution in [0.15, 0.2) is 52.4 Å². The molecule has 0 unspecified atom stereocenters. The fraction of sp³-hybridized carbons (Fsp3) is 0.278. The van der Waals surface area contributed by atoms with Crippen LogP contribution in [0.2, 0.25) is 0 Å². The maximum Gasteiger partial charge on any atom is 0.240 e. The van der Waals surface area contributed by atoms with Crippen molar-refractivity contribution in [2.24, 2.45) is 10.7 Å². The second kappa shape index (κ2) is 8.13. The van der Waals surface area contributed by atoms with Crippen LogP contribution in [0.1, 0.15) is 23.6 Å². The molecule has 0 heterocycles. The Morgan fingerprint density at radius 1 is 1.08 bits per heavy atom. The molecule has 0 atom stereocenters. The van der Waals surface area contributed by atoms with Crippen LogP contribution in [-0.2, 0) is 16.6 Å². The van der Waals surface area contributed by atoms with Gasteiger partial charge in [-0.25, -0.2) is 18.1 Å². The molecule has 0 aromatic heterocycles. The quantitative estimate of drug-likeness (QED) is 0.545. The smallest absolute Gasteiger partial charge is 0.240 e. The zero-order valence-corrected chi connectivity index (χ0v) is 15.5. The van der Waals surface area contributed by atoms with E-state index in [0.717, 1.165) is 11.3 Å². The lowest BCUT2D eigenvalue weighted by atomic mass is 10.1. The van der Waals surface area contributed by atoms with Gasteiger partial charge in [0.2, 0.25) is 10.0 Å². The summed E-state index contributed by atoms with van der Waals surface area (Å²) >= 11 is 0. The van der Waals surface area contributed by atoms with Crippen LogP contribution in [0.25, 0.3) is 0 Å². The zero-order chi connectivity index (χ0) is 18.4. The van der Waals surface area contributed by atoms with Crippen molar-refractivity contribution >= 4 is 21.7 Å². The minimum Gasteiger partial charge on any atom is -0.370 e. The number of nitrogens with two attached hydrogens (primary N) is 1. The Bertz CT molecular complexity index is 859. The van der Waals surface area contributed by atoms with E-state index in [9.17, 15) is 8.42 Å². The van der Waals surface area contributed by atoms with Gasteiger partial charge in [0.25, 0.3) is 0 Å². The van der Waals surface area contributed by atoms with Gasteiger partial charge in [-0.05, 0) is 54.8 Å². The number of anilines is 1. The van der Waals surface area contributed by atoms with Gasteiger partial charge in [-0.2, -0.15) is 0 Å². The molecule has 4 N–H and O–H groups in total. The molecule has 0 radical (unpaired) electrons. The lowest BCUT2D eigenvalue weighted by Gasteiger charge is -2.08. The van der Waals surface area contributed by atoms with Crippen molar-refractivity contribution in [2.45, 2.75) is 32.2 Å². The summed E-state index contributed by atoms with van der Waals surface area (Å²) in [4.78, 5) is 4.53. The number of nitrogens with one attached hydrogen (secondary N) is 2. The van der Waals surface area contributed by atoms with Crippen LogP contribution in [-0.4, -0.2) is 20.9 Å². The van der Waals surface area contributed by atoms with Gasteiger partial charge < -0.3 is 11.1 Å². The fourth-order valence-corrected chi connectivity index (χ4v) is 3.27. The summed E-state index contributed by atoms with van der Waals surface area (Å²) in [7, 11) is -3.43. The van der Waals surface area contributed by atoms with Gasteiger partial charge in [0.15, 0.2) is 5.96 Å². The Kier molecular flexibility index (Phi) is 6.17. The molecule has 25 heavy (non-hydrogen) atoms. The number of hydrogen-bond acceptors (Lipinski definition) is 3. The van der Waals surface area contributed by atoms with Crippen molar-refractivity contribution in [3.8, 4) is 0 Å². The normalized spacial score (nSPS) is 12.2. The molecule has 0 saturated heterocycles. The van der Waals surface area contributed by atoms with Gasteiger partial charge in [-0.15, -0.1) is 0 Å². The number of aryl methyl sites for hydroxylation is 2. The lowest BCUT2D eigenvalue weighted by Crippen LogP contribution is -2.23. The summed E-state index contributed by atoms with van der Waals surface area (Å²) in [5.74, 6) is 0.313. The topological polar surface area (TPSA) is 96.6 Å². The van der Waals surface area contributed by atoms with Crippen LogP contribution in [0.3, 0.4) is 0 Å². The van der Waals surface area contributed by atoms with E-state index in [-0.39, 0.29) is 4.90 Å². The Hall–Kier alpha value is -2.38. The van der Waals surface area contributed by atoms with Crippen LogP contribution in [0.4, 0.5) is 5.69 Å². The molecule has 7 heteroatoms. The third-order valence-corrected chi connectivity index (χ3v) is 5.34. The molecule has 2 aromatic carbocycles. The maximum absolute atomic E-state index is 11.9. The van der Waals surface area contributed by atoms with Gasteiger partial charge in [-0.3, -0.25) is 0 Å². The molecular formula is C18H24N4O2S. The molecule has 2 aromatic rings. The lowest BCUT2D eigenvalue weighted by molar-refractivity contribution is 0.584. The summed E-state index contributed by atoms with van der Waals surface area (Å²) in [5.41, 5.74) is 10.1. The van der Waals surface area contributed by atoms with Gasteiger partial charge in [-0.1, -0.05) is 25.1 Å². The molecule has 0 aliphatic rings. The molecule has 6 nitrogen and oxygen atoms in total. The molecule has 0 amide bonds. The first-order valence-electron chi connectivity index (χ1n) is 8.04. The van der Waals surface area contributed by atoms with Crippen LogP contribution >= 0.6 is 0 Å². The fourth-order valence-electron chi connectivity index (χ4n) is 2.23. The third-order valence-electron chi connectivity index (χ3n) is 3.78. The minimum absolute atomic E-state index is 0.239. The summed E-state index contributed by atoms with van der Waals surface area (Å²) in [6.45, 7) is 6.56. The summed E-state index contributed by atoms with van der Waals surface area (Å²) in [6.07, 6.45) is 0. The van der Waals surface area contributed by atoms with Crippen LogP contribution < -0.4 is 15.8 Å². The predicted octanol–water partition coefficient (Wildman–Crippen LogP) is 2.53. The summed E-state index contributed by atoms with van der Waals surface area (Å²) < 4.78 is 26.2. The van der Waals surface area contributed by atoms with E-state index in [1.807, 2.05) is 25.1 Å². The molecule has 0 aliphatic heterocycles. The van der Waals surface area contributed by atoms with Gasteiger partial charge in [0.05, 0.1) is 11.4 Å². The average molecular weight is 360 g/mol. The SMILES string of the molecule is CCNS(=O)(=O)c1ccc(CN=C(N)Nc2ccc(C)c(C)c2)cc1. The van der Waals surface area contributed by atoms with Crippen molar-refractivity contribution in [2.75, 3.05) is 11.9 Å². The van der Waals surface area contributed by atoms with Crippen molar-refractivity contribution < 1.29 is 8.42 Å². The van der Waals surface area contributed by atoms with Crippen molar-refractivity contribution in [3.63, 3.8) is 0 Å². The molecule has 2 rings (SSSR count). The number of guanidine groups is 1. The van der Waals surface area contributed by atoms with E-state index in [1.165, 1.54) is 11.1 Å². The number of nitrogens with zero attached hydrogens (tertiary/aromatic N) is 1. The summed E-state index contributed by atoms with van der Waals surface area (Å²) in [5, 5.41) is 3.05. The highest BCUT2D eigenvalue weighted by Crippen LogP contribution is 2.14. The van der Waals surface area contributed by atoms with Gasteiger partial charge >= 0.3 is 0 Å². The third kappa shape index (κ3) is 5.30. The van der Waals surface area contributed by atoms with Gasteiger partial charge in [0, 0.05) is 12.2 Å². The first kappa shape index (κ1) is 19.0. The Morgan fingerprint density at radius 3 is 2.36 bits per heavy atom. The Labute approximate surface area is 149 Å². The monoisotopic (exact) mass is 360 g/mol. The van der Waals surface area contributed by atoms with Gasteiger partial charge in [0.1, 0.15) is 0 Å². The first-order chi connectivity index (χ1) is 11.8. The molecule has 134 valence electrons. The highest BCUT2D eigenvalue weighted by Gasteiger charge is 2.11. The minimum atomic E-state index is -3.43. The van der Waals surface area contributed by atoms with E-state index >= 15 is 0 Å². The molecule has 0 fully saturated rings. The van der Waals surface area contributed by atoms with E-state index in [2.05, 4.69) is 22.0 Å². The first-order valence-corrected chi connectivity index (χ1v) is 9.53. The second-order valence-electron chi connectivity index (χ2n) is 5.77. The molecular weight excluding hydrogens is 336 g/mol. The zero-order valence-electron chi connectivity index (χ0n) is 14.7. The average Bonchev–Trinajstić information content (AvgIpc) is 2.57. The van der Waals surface area contributed by atoms with Crippen LogP contribution in [0.5, 0.6) is 0 Å². The van der Waals surface area contributed by atoms with E-state index in [4.69, 9.17) is 5.73 Å². The van der Waals surface area contributed by atoms with E-state index in [1.54, 1.807) is 31.2 Å². The van der Waals surface area contributed by atoms with E-state index < -0.39 is 10.0 Å². The summed E-state index contributed by atoms with van der Waals surface area (Å²) in [6, 6.07) is 12.6. The highest BCUT2D eigenvalue weighted by molar-refractivity contribution is 7.89. The number of hydrogen-bond donors (Lipinski definition) is 3. The number of aliphatic imine (C=N–C) groups is 1. The second-order valence-corrected chi connectivity index (χ2v) is 7.54. The molecule has 0 spiro atoms. The van der Waals surface area contributed by atoms with Crippen LogP contribution in [0, 0.1) is 13.8 Å². The Morgan fingerprint density at radius 2 is 1.76 bits per heavy atom. The maximum atomic E-state index is 11.9. The molecule has 0 bridgehead atoms. The number of sulfonamides is 1. The number of benzene rings is 2.